The molecular formula is C26H22O3. The summed E-state index contributed by atoms with van der Waals surface area (Å²) < 4.78 is 11.0. The van der Waals surface area contributed by atoms with E-state index in [9.17, 15) is 5.11 Å². The lowest BCUT2D eigenvalue weighted by Crippen LogP contribution is -2.01. The molecule has 1 unspecified atom stereocenters. The molecule has 0 saturated heterocycles. The first-order chi connectivity index (χ1) is 14.1. The molecule has 0 fully saturated rings. The van der Waals surface area contributed by atoms with Crippen LogP contribution >= 0.6 is 0 Å². The smallest absolute Gasteiger partial charge is 0.122 e. The third-order valence-corrected chi connectivity index (χ3v) is 5.95. The zero-order valence-corrected chi connectivity index (χ0v) is 16.7. The summed E-state index contributed by atoms with van der Waals surface area (Å²) in [5.74, 6) is 2.13. The average Bonchev–Trinajstić information content (AvgIpc) is 3.06. The van der Waals surface area contributed by atoms with Crippen LogP contribution in [0.4, 0.5) is 0 Å². The number of methoxy groups -OCH3 is 2. The monoisotopic (exact) mass is 382 g/mol. The van der Waals surface area contributed by atoms with Crippen molar-refractivity contribution < 1.29 is 14.6 Å². The zero-order chi connectivity index (χ0) is 20.1. The van der Waals surface area contributed by atoms with Gasteiger partial charge in [-0.25, -0.2) is 0 Å². The van der Waals surface area contributed by atoms with Crippen LogP contribution in [0.5, 0.6) is 17.2 Å². The van der Waals surface area contributed by atoms with Crippen LogP contribution in [-0.2, 0) is 0 Å². The Labute approximate surface area is 170 Å². The predicted octanol–water partition coefficient (Wildman–Crippen LogP) is 6.03. The van der Waals surface area contributed by atoms with E-state index in [1.165, 1.54) is 27.6 Å². The Morgan fingerprint density at radius 1 is 0.793 bits per heavy atom. The number of aryl methyl sites for hydroxylation is 1. The lowest BCUT2D eigenvalue weighted by molar-refractivity contribution is 0.412. The molecule has 5 rings (SSSR count). The van der Waals surface area contributed by atoms with E-state index in [2.05, 4.69) is 43.3 Å². The fraction of sp³-hybridized carbons (Fsp3) is 0.154. The molecule has 4 aromatic carbocycles. The SMILES string of the molecule is COc1ccc2c3c(ccc2c1)-c1cc(OC)c(C)cc1C3c1ccc(O)cc1. The molecule has 144 valence electrons. The van der Waals surface area contributed by atoms with Gasteiger partial charge in [0.25, 0.3) is 0 Å². The maximum atomic E-state index is 9.80. The lowest BCUT2D eigenvalue weighted by atomic mass is 9.86. The highest BCUT2D eigenvalue weighted by atomic mass is 16.5. The lowest BCUT2D eigenvalue weighted by Gasteiger charge is -2.17. The molecule has 1 aliphatic carbocycles. The fourth-order valence-electron chi connectivity index (χ4n) is 4.58. The number of hydrogen-bond donors (Lipinski definition) is 1. The molecule has 0 amide bonds. The van der Waals surface area contributed by atoms with Gasteiger partial charge in [0.2, 0.25) is 0 Å². The van der Waals surface area contributed by atoms with Crippen LogP contribution in [0.1, 0.15) is 28.2 Å². The molecule has 1 aliphatic rings. The maximum absolute atomic E-state index is 9.80. The van der Waals surface area contributed by atoms with E-state index in [4.69, 9.17) is 9.47 Å². The topological polar surface area (TPSA) is 38.7 Å². The molecule has 1 atom stereocenters. The van der Waals surface area contributed by atoms with Gasteiger partial charge >= 0.3 is 0 Å². The summed E-state index contributed by atoms with van der Waals surface area (Å²) in [5, 5.41) is 12.2. The van der Waals surface area contributed by atoms with E-state index in [-0.39, 0.29) is 11.7 Å². The minimum atomic E-state index is 0.0994. The van der Waals surface area contributed by atoms with Crippen molar-refractivity contribution in [1.29, 1.82) is 0 Å². The zero-order valence-electron chi connectivity index (χ0n) is 16.7. The molecule has 0 aliphatic heterocycles. The van der Waals surface area contributed by atoms with E-state index in [0.29, 0.717) is 0 Å². The van der Waals surface area contributed by atoms with Gasteiger partial charge in [-0.05, 0) is 81.4 Å². The third kappa shape index (κ3) is 2.65. The predicted molar refractivity (Wildman–Crippen MR) is 116 cm³/mol. The molecule has 0 bridgehead atoms. The molecule has 0 radical (unpaired) electrons. The second-order valence-electron chi connectivity index (χ2n) is 7.55. The van der Waals surface area contributed by atoms with Gasteiger partial charge in [-0.3, -0.25) is 0 Å². The highest BCUT2D eigenvalue weighted by Crippen LogP contribution is 2.52. The van der Waals surface area contributed by atoms with Gasteiger partial charge in [-0.15, -0.1) is 0 Å². The number of fused-ring (bicyclic) bond motifs is 5. The Balaban J connectivity index is 1.84. The summed E-state index contributed by atoms with van der Waals surface area (Å²) in [6.07, 6.45) is 0. The summed E-state index contributed by atoms with van der Waals surface area (Å²) >= 11 is 0. The molecule has 0 heterocycles. The summed E-state index contributed by atoms with van der Waals surface area (Å²) in [4.78, 5) is 0. The molecule has 0 saturated carbocycles. The standard InChI is InChI=1S/C26H22O3/c1-15-12-23-22(14-24(15)29-3)21-10-6-17-13-19(28-2)9-11-20(17)26(21)25(23)16-4-7-18(27)8-5-16/h4-14,25,27H,1-3H3. The van der Waals surface area contributed by atoms with Crippen LogP contribution in [0, 0.1) is 6.92 Å². The van der Waals surface area contributed by atoms with Crippen molar-refractivity contribution in [2.45, 2.75) is 12.8 Å². The normalized spacial score (nSPS) is 14.5. The first kappa shape index (κ1) is 17.6. The third-order valence-electron chi connectivity index (χ3n) is 5.95. The van der Waals surface area contributed by atoms with E-state index >= 15 is 0 Å². The van der Waals surface area contributed by atoms with Crippen molar-refractivity contribution in [3.63, 3.8) is 0 Å². The Hall–Kier alpha value is -3.46. The molecule has 3 heteroatoms. The first-order valence-electron chi connectivity index (χ1n) is 9.69. The van der Waals surface area contributed by atoms with Crippen molar-refractivity contribution in [3.05, 3.63) is 89.0 Å². The number of phenols is 1. The molecule has 4 aromatic rings. The minimum Gasteiger partial charge on any atom is -0.508 e. The van der Waals surface area contributed by atoms with Crippen molar-refractivity contribution >= 4 is 10.8 Å². The number of benzene rings is 4. The average molecular weight is 382 g/mol. The van der Waals surface area contributed by atoms with Gasteiger partial charge in [-0.1, -0.05) is 36.4 Å². The number of hydrogen-bond acceptors (Lipinski definition) is 3. The Bertz CT molecular complexity index is 1240. The molecule has 1 N–H and O–H groups in total. The highest BCUT2D eigenvalue weighted by molar-refractivity contribution is 5.98. The Morgan fingerprint density at radius 3 is 2.31 bits per heavy atom. The van der Waals surface area contributed by atoms with E-state index < -0.39 is 0 Å². The number of rotatable bonds is 3. The van der Waals surface area contributed by atoms with Crippen molar-refractivity contribution in [1.82, 2.24) is 0 Å². The van der Waals surface area contributed by atoms with Crippen LogP contribution in [0.2, 0.25) is 0 Å². The molecule has 0 spiro atoms. The van der Waals surface area contributed by atoms with Gasteiger partial charge in [-0.2, -0.15) is 0 Å². The fourth-order valence-corrected chi connectivity index (χ4v) is 4.58. The number of phenolic OH excluding ortho intramolecular Hbond substituents is 1. The van der Waals surface area contributed by atoms with Crippen LogP contribution in [0.15, 0.2) is 66.7 Å². The van der Waals surface area contributed by atoms with Crippen LogP contribution in [0.25, 0.3) is 21.9 Å². The molecule has 0 aromatic heterocycles. The van der Waals surface area contributed by atoms with Gasteiger partial charge in [0.15, 0.2) is 0 Å². The van der Waals surface area contributed by atoms with Crippen LogP contribution < -0.4 is 9.47 Å². The first-order valence-corrected chi connectivity index (χ1v) is 9.69. The molecule has 3 nitrogen and oxygen atoms in total. The number of aromatic hydroxyl groups is 1. The summed E-state index contributed by atoms with van der Waals surface area (Å²) in [5.41, 5.74) is 7.28. The Morgan fingerprint density at radius 2 is 1.59 bits per heavy atom. The van der Waals surface area contributed by atoms with Gasteiger partial charge in [0, 0.05) is 5.92 Å². The summed E-state index contributed by atoms with van der Waals surface area (Å²) in [6, 6.07) is 22.5. The van der Waals surface area contributed by atoms with Crippen molar-refractivity contribution in [2.75, 3.05) is 14.2 Å². The second kappa shape index (κ2) is 6.56. The van der Waals surface area contributed by atoms with E-state index in [1.54, 1.807) is 26.4 Å². The second-order valence-corrected chi connectivity index (χ2v) is 7.55. The Kier molecular flexibility index (Phi) is 3.99. The highest BCUT2D eigenvalue weighted by Gasteiger charge is 2.32. The van der Waals surface area contributed by atoms with E-state index in [0.717, 1.165) is 28.0 Å². The van der Waals surface area contributed by atoms with Gasteiger partial charge in [0.1, 0.15) is 17.2 Å². The molecule has 29 heavy (non-hydrogen) atoms. The largest absolute Gasteiger partial charge is 0.508 e. The quantitative estimate of drug-likeness (QED) is 0.414. The molecular weight excluding hydrogens is 360 g/mol. The number of ether oxygens (including phenoxy) is 2. The van der Waals surface area contributed by atoms with Crippen molar-refractivity contribution in [3.8, 4) is 28.4 Å². The van der Waals surface area contributed by atoms with Crippen LogP contribution in [0.3, 0.4) is 0 Å². The maximum Gasteiger partial charge on any atom is 0.122 e. The summed E-state index contributed by atoms with van der Waals surface area (Å²) in [7, 11) is 3.41. The van der Waals surface area contributed by atoms with Gasteiger partial charge < -0.3 is 14.6 Å². The summed E-state index contributed by atoms with van der Waals surface area (Å²) in [6.45, 7) is 2.08. The van der Waals surface area contributed by atoms with Gasteiger partial charge in [0.05, 0.1) is 14.2 Å². The van der Waals surface area contributed by atoms with Crippen molar-refractivity contribution in [2.24, 2.45) is 0 Å². The van der Waals surface area contributed by atoms with Crippen LogP contribution in [-0.4, -0.2) is 19.3 Å². The van der Waals surface area contributed by atoms with E-state index in [1.807, 2.05) is 18.2 Å². The minimum absolute atomic E-state index is 0.0994.